The van der Waals surface area contributed by atoms with Gasteiger partial charge in [0.25, 0.3) is 0 Å². The monoisotopic (exact) mass is 417 g/mol. The predicted octanol–water partition coefficient (Wildman–Crippen LogP) is -2.03. The van der Waals surface area contributed by atoms with Crippen LogP contribution in [0.25, 0.3) is 0 Å². The van der Waals surface area contributed by atoms with Crippen molar-refractivity contribution in [1.82, 2.24) is 0 Å². The minimum absolute atomic E-state index is 0. The molecule has 0 heterocycles. The average Bonchev–Trinajstić information content (AvgIpc) is 1.70. The molecule has 3 N–H and O–H groups in total. The van der Waals surface area contributed by atoms with Crippen LogP contribution in [-0.4, -0.2) is 12.7 Å². The molecule has 0 bridgehead atoms. The Bertz CT molecular complexity index is 49.7. The Labute approximate surface area is 109 Å². The van der Waals surface area contributed by atoms with E-state index in [0.29, 0.717) is 0 Å². The summed E-state index contributed by atoms with van der Waals surface area (Å²) < 4.78 is 46.3. The summed E-state index contributed by atoms with van der Waals surface area (Å²) in [5.74, 6) is 0. The summed E-state index contributed by atoms with van der Waals surface area (Å²) in [6, 6.07) is 0. The van der Waals surface area contributed by atoms with Gasteiger partial charge in [0.1, 0.15) is 0 Å². The topological polar surface area (TPSA) is 112 Å². The van der Waals surface area contributed by atoms with Crippen LogP contribution in [0, 0.1) is 41.3 Å². The van der Waals surface area contributed by atoms with Crippen molar-refractivity contribution in [1.29, 1.82) is 0 Å². The molecule has 10 heteroatoms. The van der Waals surface area contributed by atoms with Gasteiger partial charge in [-0.1, -0.05) is 0 Å². The average molecular weight is 417 g/mol. The van der Waals surface area contributed by atoms with Gasteiger partial charge < -0.3 is 0 Å². The zero-order valence-corrected chi connectivity index (χ0v) is 11.0. The Morgan fingerprint density at radius 3 is 0.700 bits per heavy atom. The van der Waals surface area contributed by atoms with Gasteiger partial charge in [-0.05, 0) is 0 Å². The van der Waals surface area contributed by atoms with E-state index < -0.39 is 44.9 Å². The van der Waals surface area contributed by atoms with Gasteiger partial charge in [0.05, 0.1) is 0 Å². The standard InChI is InChI=1S/3Co.3H2O.3O.Pr/h;;;3*1H2;;;;/q;;;;;;;;;+3/p-3. The Hall–Kier alpha value is 2.16. The van der Waals surface area contributed by atoms with E-state index in [1.807, 2.05) is 0 Å². The van der Waals surface area contributed by atoms with Gasteiger partial charge in [-0.3, -0.25) is 0 Å². The molecule has 0 aliphatic rings. The van der Waals surface area contributed by atoms with E-state index in [0.717, 1.165) is 0 Å². The summed E-state index contributed by atoms with van der Waals surface area (Å²) in [6.07, 6.45) is 0. The van der Waals surface area contributed by atoms with Gasteiger partial charge in [-0.2, -0.15) is 0 Å². The molecule has 0 aliphatic carbocycles. The maximum atomic E-state index is 8.45. The van der Waals surface area contributed by atoms with Crippen molar-refractivity contribution in [3.8, 4) is 0 Å². The molecule has 0 atom stereocenters. The van der Waals surface area contributed by atoms with Crippen molar-refractivity contribution in [3.05, 3.63) is 0 Å². The fourth-order valence-corrected chi connectivity index (χ4v) is 0. The van der Waals surface area contributed by atoms with Crippen LogP contribution >= 0.6 is 0 Å². The Morgan fingerprint density at radius 2 is 0.700 bits per heavy atom. The number of rotatable bonds is 0. The third kappa shape index (κ3) is 182. The maximum absolute atomic E-state index is 8.45. The molecular weight excluding hydrogens is 414 g/mol. The summed E-state index contributed by atoms with van der Waals surface area (Å²) in [5.41, 5.74) is 0. The second-order valence-electron chi connectivity index (χ2n) is 0.183. The summed E-state index contributed by atoms with van der Waals surface area (Å²) in [5, 5.41) is 0. The number of hydrogen-bond acceptors (Lipinski definition) is 3. The zero-order chi connectivity index (χ0) is 8.12. The van der Waals surface area contributed by atoms with Crippen LogP contribution in [0.2, 0.25) is 0 Å². The number of hydrogen-bond donors (Lipinski definition) is 3. The van der Waals surface area contributed by atoms with E-state index in [1.54, 1.807) is 0 Å². The van der Waals surface area contributed by atoms with Gasteiger partial charge in [0, 0.05) is 0 Å². The molecule has 0 unspecified atom stereocenters. The second kappa shape index (κ2) is 43.3. The van der Waals surface area contributed by atoms with Crippen LogP contribution in [0.15, 0.2) is 0 Å². The third-order valence-corrected chi connectivity index (χ3v) is 0. The molecule has 0 aromatic rings. The fourth-order valence-electron chi connectivity index (χ4n) is 0. The second-order valence-corrected chi connectivity index (χ2v) is 0.753. The van der Waals surface area contributed by atoms with E-state index >= 15 is 0 Å². The third-order valence-electron chi connectivity index (χ3n) is 0. The molecule has 0 rings (SSSR count). The van der Waals surface area contributed by atoms with Crippen molar-refractivity contribution in [2.75, 3.05) is 0 Å². The minimum atomic E-state index is -0.812. The Kier molecular flexibility index (Phi) is 98.4. The van der Waals surface area contributed by atoms with Gasteiger partial charge in [-0.15, -0.1) is 0 Å². The summed E-state index contributed by atoms with van der Waals surface area (Å²) in [7, 11) is 0. The SMILES string of the molecule is [O]=[Co-][OH].[O]=[Co-][OH].[O]=[Co-][OH].[Pr+3]. The van der Waals surface area contributed by atoms with Crippen molar-refractivity contribution in [3.63, 3.8) is 0 Å². The predicted molar refractivity (Wildman–Crippen MR) is 8.72 cm³/mol. The van der Waals surface area contributed by atoms with E-state index in [2.05, 4.69) is 0 Å². The van der Waals surface area contributed by atoms with Crippen LogP contribution in [0.5, 0.6) is 0 Å². The molecule has 69 valence electrons. The summed E-state index contributed by atoms with van der Waals surface area (Å²) in [4.78, 5) is 0. The maximum Gasteiger partial charge on any atom is 3.00 e. The van der Waals surface area contributed by atoms with E-state index in [-0.39, 0.29) is 41.3 Å². The molecule has 6 nitrogen and oxygen atoms in total. The van der Waals surface area contributed by atoms with Crippen LogP contribution in [0.4, 0.5) is 0 Å². The van der Waals surface area contributed by atoms with Crippen molar-refractivity contribution >= 4 is 0 Å². The molecule has 0 aromatic heterocycles. The molecule has 0 saturated heterocycles. The Balaban J connectivity index is -0.0000000257. The fraction of sp³-hybridized carbons (Fsp3) is 0. The Morgan fingerprint density at radius 1 is 0.700 bits per heavy atom. The van der Waals surface area contributed by atoms with Crippen LogP contribution in [-0.2, 0) is 56.5 Å². The minimum Gasteiger partial charge on any atom is 3.00 e. The summed E-state index contributed by atoms with van der Waals surface area (Å²) in [6.45, 7) is 0. The molecule has 10 heavy (non-hydrogen) atoms. The van der Waals surface area contributed by atoms with Crippen molar-refractivity contribution < 1.29 is 110 Å². The first-order valence-corrected chi connectivity index (χ1v) is 3.53. The summed E-state index contributed by atoms with van der Waals surface area (Å²) >= 11 is -2.44. The first-order chi connectivity index (χ1) is 4.24. The van der Waals surface area contributed by atoms with E-state index in [1.165, 1.54) is 0 Å². The van der Waals surface area contributed by atoms with Crippen molar-refractivity contribution in [2.24, 2.45) is 0 Å². The molecular formula is H3Co3O6Pr. The van der Waals surface area contributed by atoms with Gasteiger partial charge >= 0.3 is 110 Å². The molecule has 0 amide bonds. The largest absolute Gasteiger partial charge is 3.00 e. The first kappa shape index (κ1) is 22.7. The normalized spacial score (nSPS) is 6.30. The zero-order valence-electron chi connectivity index (χ0n) is 4.14. The molecule has 0 aliphatic heterocycles. The van der Waals surface area contributed by atoms with E-state index in [9.17, 15) is 0 Å². The molecule has 0 aromatic carbocycles. The van der Waals surface area contributed by atoms with Gasteiger partial charge in [0.15, 0.2) is 0 Å². The van der Waals surface area contributed by atoms with E-state index in [4.69, 9.17) is 24.3 Å². The van der Waals surface area contributed by atoms with Crippen LogP contribution in [0.3, 0.4) is 0 Å². The van der Waals surface area contributed by atoms with Crippen molar-refractivity contribution in [2.45, 2.75) is 0 Å². The quantitative estimate of drug-likeness (QED) is 0.420. The molecule has 0 spiro atoms. The smallest absolute Gasteiger partial charge is 3.00 e. The van der Waals surface area contributed by atoms with Gasteiger partial charge in [0.2, 0.25) is 0 Å². The molecule has 0 fully saturated rings. The first-order valence-electron chi connectivity index (χ1n) is 0.855. The molecule has 0 radical (unpaired) electrons. The van der Waals surface area contributed by atoms with Crippen LogP contribution in [0.1, 0.15) is 0 Å². The molecule has 0 saturated carbocycles. The van der Waals surface area contributed by atoms with Gasteiger partial charge in [-0.25, -0.2) is 0 Å². The van der Waals surface area contributed by atoms with Crippen LogP contribution < -0.4 is 0 Å².